The normalized spacial score (nSPS) is 11.1. The van der Waals surface area contributed by atoms with Gasteiger partial charge in [0.05, 0.1) is 0 Å². The summed E-state index contributed by atoms with van der Waals surface area (Å²) in [5.74, 6) is -0.151. The number of rotatable bonds is 2. The summed E-state index contributed by atoms with van der Waals surface area (Å²) >= 11 is 0. The van der Waals surface area contributed by atoms with Gasteiger partial charge in [-0.25, -0.2) is 0 Å². The summed E-state index contributed by atoms with van der Waals surface area (Å²) in [4.78, 5) is 21.5. The van der Waals surface area contributed by atoms with E-state index in [1.54, 1.807) is 12.3 Å². The van der Waals surface area contributed by atoms with E-state index in [-0.39, 0.29) is 5.82 Å². The molecule has 6 nitrogen and oxygen atoms in total. The molecule has 0 atom stereocenters. The zero-order valence-electron chi connectivity index (χ0n) is 11.4. The Balaban J connectivity index is 1.85. The van der Waals surface area contributed by atoms with Gasteiger partial charge in [0.25, 0.3) is 0 Å². The largest absolute Gasteiger partial charge is 0.363 e. The number of nitrogens with one attached hydrogen (secondary N) is 1. The van der Waals surface area contributed by atoms with Crippen molar-refractivity contribution in [3.05, 3.63) is 65.1 Å². The Bertz CT molecular complexity index is 1010. The molecule has 4 rings (SSSR count). The van der Waals surface area contributed by atoms with E-state index in [0.29, 0.717) is 0 Å². The standard InChI is InChI=1S/C16H10N4O2/c21-20(22)16-4-2-11(8-18-16)10-1-3-12-13-9-17-6-5-14(13)19-15(12)7-10/h1-9,19H. The van der Waals surface area contributed by atoms with Crippen LogP contribution in [0.2, 0.25) is 0 Å². The van der Waals surface area contributed by atoms with Crippen molar-refractivity contribution in [2.75, 3.05) is 0 Å². The number of aromatic nitrogens is 3. The van der Waals surface area contributed by atoms with Crippen molar-refractivity contribution < 1.29 is 4.92 Å². The summed E-state index contributed by atoms with van der Waals surface area (Å²) in [6.07, 6.45) is 5.10. The van der Waals surface area contributed by atoms with Gasteiger partial charge in [-0.2, -0.15) is 0 Å². The molecule has 0 saturated carbocycles. The van der Waals surface area contributed by atoms with Gasteiger partial charge in [-0.3, -0.25) is 4.98 Å². The smallest absolute Gasteiger partial charge is 0.358 e. The first kappa shape index (κ1) is 12.5. The first-order valence-corrected chi connectivity index (χ1v) is 6.69. The molecule has 106 valence electrons. The Hall–Kier alpha value is -3.28. The molecule has 0 amide bonds. The van der Waals surface area contributed by atoms with Crippen LogP contribution in [0.3, 0.4) is 0 Å². The van der Waals surface area contributed by atoms with E-state index >= 15 is 0 Å². The number of hydrogen-bond acceptors (Lipinski definition) is 4. The van der Waals surface area contributed by atoms with Crippen molar-refractivity contribution in [2.24, 2.45) is 0 Å². The highest BCUT2D eigenvalue weighted by Gasteiger charge is 2.09. The molecule has 0 aliphatic heterocycles. The number of nitrogens with zero attached hydrogens (tertiary/aromatic N) is 3. The molecule has 22 heavy (non-hydrogen) atoms. The van der Waals surface area contributed by atoms with Crippen LogP contribution >= 0.6 is 0 Å². The lowest BCUT2D eigenvalue weighted by Gasteiger charge is -2.00. The molecule has 0 spiro atoms. The highest BCUT2D eigenvalue weighted by atomic mass is 16.6. The van der Waals surface area contributed by atoms with Crippen molar-refractivity contribution in [3.63, 3.8) is 0 Å². The zero-order chi connectivity index (χ0) is 15.1. The third kappa shape index (κ3) is 1.89. The molecule has 0 bridgehead atoms. The Labute approximate surface area is 124 Å². The molecule has 0 aliphatic rings. The van der Waals surface area contributed by atoms with Gasteiger partial charge in [-0.15, -0.1) is 0 Å². The van der Waals surface area contributed by atoms with Crippen LogP contribution < -0.4 is 0 Å². The molecule has 1 aromatic carbocycles. The number of benzene rings is 1. The Morgan fingerprint density at radius 1 is 0.955 bits per heavy atom. The molecule has 0 fully saturated rings. The molecule has 6 heteroatoms. The van der Waals surface area contributed by atoms with Crippen molar-refractivity contribution in [1.82, 2.24) is 15.0 Å². The Kier molecular flexibility index (Phi) is 2.62. The molecule has 3 heterocycles. The maximum atomic E-state index is 10.7. The second-order valence-electron chi connectivity index (χ2n) is 4.97. The fourth-order valence-electron chi connectivity index (χ4n) is 2.59. The van der Waals surface area contributed by atoms with Crippen molar-refractivity contribution in [2.45, 2.75) is 0 Å². The van der Waals surface area contributed by atoms with E-state index in [4.69, 9.17) is 0 Å². The highest BCUT2D eigenvalue weighted by Crippen LogP contribution is 2.29. The summed E-state index contributed by atoms with van der Waals surface area (Å²) in [6, 6.07) is 11.1. The first-order chi connectivity index (χ1) is 10.7. The molecule has 0 unspecified atom stereocenters. The summed E-state index contributed by atoms with van der Waals surface area (Å²) < 4.78 is 0. The Morgan fingerprint density at radius 2 is 1.82 bits per heavy atom. The lowest BCUT2D eigenvalue weighted by molar-refractivity contribution is -0.389. The van der Waals surface area contributed by atoms with Crippen LogP contribution in [-0.4, -0.2) is 19.9 Å². The molecule has 0 saturated heterocycles. The van der Waals surface area contributed by atoms with Crippen LogP contribution in [0.5, 0.6) is 0 Å². The van der Waals surface area contributed by atoms with Gasteiger partial charge in [0.1, 0.15) is 6.20 Å². The minimum Gasteiger partial charge on any atom is -0.358 e. The van der Waals surface area contributed by atoms with E-state index in [2.05, 4.69) is 15.0 Å². The highest BCUT2D eigenvalue weighted by molar-refractivity contribution is 6.07. The summed E-state index contributed by atoms with van der Waals surface area (Å²) in [6.45, 7) is 0. The number of H-pyrrole nitrogens is 1. The summed E-state index contributed by atoms with van der Waals surface area (Å²) in [7, 11) is 0. The van der Waals surface area contributed by atoms with E-state index in [1.165, 1.54) is 12.3 Å². The number of aromatic amines is 1. The monoisotopic (exact) mass is 290 g/mol. The fourth-order valence-corrected chi connectivity index (χ4v) is 2.59. The van der Waals surface area contributed by atoms with Crippen LogP contribution in [-0.2, 0) is 0 Å². The van der Waals surface area contributed by atoms with Gasteiger partial charge in [-0.05, 0) is 33.7 Å². The third-order valence-corrected chi connectivity index (χ3v) is 3.67. The van der Waals surface area contributed by atoms with Crippen molar-refractivity contribution in [1.29, 1.82) is 0 Å². The van der Waals surface area contributed by atoms with E-state index < -0.39 is 4.92 Å². The quantitative estimate of drug-likeness (QED) is 0.450. The topological polar surface area (TPSA) is 84.7 Å². The summed E-state index contributed by atoms with van der Waals surface area (Å²) in [5, 5.41) is 12.8. The van der Waals surface area contributed by atoms with Crippen LogP contribution in [0.4, 0.5) is 5.82 Å². The molecule has 0 aliphatic carbocycles. The number of nitro groups is 1. The zero-order valence-corrected chi connectivity index (χ0v) is 11.4. The molecule has 1 N–H and O–H groups in total. The molecule has 0 radical (unpaired) electrons. The summed E-state index contributed by atoms with van der Waals surface area (Å²) in [5.41, 5.74) is 3.82. The van der Waals surface area contributed by atoms with Crippen molar-refractivity contribution in [3.8, 4) is 11.1 Å². The average molecular weight is 290 g/mol. The molecule has 3 aromatic heterocycles. The third-order valence-electron chi connectivity index (χ3n) is 3.67. The van der Waals surface area contributed by atoms with Crippen LogP contribution in [0.15, 0.2) is 55.0 Å². The van der Waals surface area contributed by atoms with Gasteiger partial charge >= 0.3 is 5.82 Å². The van der Waals surface area contributed by atoms with Gasteiger partial charge in [0.15, 0.2) is 0 Å². The lowest BCUT2D eigenvalue weighted by atomic mass is 10.1. The predicted molar refractivity (Wildman–Crippen MR) is 83.5 cm³/mol. The number of fused-ring (bicyclic) bond motifs is 3. The second kappa shape index (κ2) is 4.63. The van der Waals surface area contributed by atoms with Gasteiger partial charge in [-0.1, -0.05) is 12.1 Å². The first-order valence-electron chi connectivity index (χ1n) is 6.69. The lowest BCUT2D eigenvalue weighted by Crippen LogP contribution is -1.91. The van der Waals surface area contributed by atoms with Crippen LogP contribution in [0.25, 0.3) is 32.9 Å². The number of hydrogen-bond donors (Lipinski definition) is 1. The molecular formula is C16H10N4O2. The van der Waals surface area contributed by atoms with Crippen molar-refractivity contribution >= 4 is 27.6 Å². The Morgan fingerprint density at radius 3 is 2.59 bits per heavy atom. The SMILES string of the molecule is O=[N+]([O-])c1ccc(-c2ccc3c(c2)[nH]c2ccncc23)cn1. The van der Waals surface area contributed by atoms with Gasteiger partial charge < -0.3 is 15.1 Å². The van der Waals surface area contributed by atoms with Gasteiger partial charge in [0.2, 0.25) is 0 Å². The fraction of sp³-hybridized carbons (Fsp3) is 0. The van der Waals surface area contributed by atoms with E-state index in [0.717, 1.165) is 32.9 Å². The maximum absolute atomic E-state index is 10.7. The molecule has 4 aromatic rings. The van der Waals surface area contributed by atoms with E-state index in [9.17, 15) is 10.1 Å². The van der Waals surface area contributed by atoms with E-state index in [1.807, 2.05) is 30.5 Å². The minimum atomic E-state index is -0.502. The average Bonchev–Trinajstić information content (AvgIpc) is 2.92. The molecular weight excluding hydrogens is 280 g/mol. The predicted octanol–water partition coefficient (Wildman–Crippen LogP) is 3.69. The van der Waals surface area contributed by atoms with Crippen LogP contribution in [0.1, 0.15) is 0 Å². The van der Waals surface area contributed by atoms with Crippen LogP contribution in [0, 0.1) is 10.1 Å². The second-order valence-corrected chi connectivity index (χ2v) is 4.97. The maximum Gasteiger partial charge on any atom is 0.363 e. The van der Waals surface area contributed by atoms with Gasteiger partial charge in [0, 0.05) is 45.8 Å². The number of pyridine rings is 2. The minimum absolute atomic E-state index is 0.151.